The van der Waals surface area contributed by atoms with E-state index >= 15 is 0 Å². The summed E-state index contributed by atoms with van der Waals surface area (Å²) >= 11 is 0. The fourth-order valence-electron chi connectivity index (χ4n) is 0.952. The Morgan fingerprint density at radius 2 is 2.36 bits per heavy atom. The Labute approximate surface area is 64.9 Å². The number of nitrogens with one attached hydrogen (secondary N) is 1. The maximum absolute atomic E-state index is 11.0. The molecule has 0 spiro atoms. The molecule has 0 aromatic rings. The second-order valence-electron chi connectivity index (χ2n) is 2.40. The molecule has 1 rings (SSSR count). The minimum absolute atomic E-state index is 0.108. The van der Waals surface area contributed by atoms with E-state index in [-0.39, 0.29) is 24.5 Å². The highest BCUT2D eigenvalue weighted by molar-refractivity contribution is 6.02. The largest absolute Gasteiger partial charge is 0.329 e. The average Bonchev–Trinajstić information content (AvgIpc) is 2.30. The summed E-state index contributed by atoms with van der Waals surface area (Å²) in [7, 11) is 0. The van der Waals surface area contributed by atoms with Crippen LogP contribution < -0.4 is 5.32 Å². The van der Waals surface area contributed by atoms with E-state index in [1.807, 2.05) is 0 Å². The second kappa shape index (κ2) is 2.74. The molecule has 0 bridgehead atoms. The molecule has 0 saturated carbocycles. The molecule has 1 fully saturated rings. The Morgan fingerprint density at radius 3 is 2.73 bits per heavy atom. The lowest BCUT2D eigenvalue weighted by molar-refractivity contribution is -0.125. The van der Waals surface area contributed by atoms with Crippen molar-refractivity contribution in [1.82, 2.24) is 10.2 Å². The lowest BCUT2D eigenvalue weighted by Crippen LogP contribution is -2.37. The molecule has 1 saturated heterocycles. The van der Waals surface area contributed by atoms with Gasteiger partial charge in [0.25, 0.3) is 5.91 Å². The summed E-state index contributed by atoms with van der Waals surface area (Å²) in [4.78, 5) is 23.1. The van der Waals surface area contributed by atoms with Crippen LogP contribution in [0.15, 0.2) is 12.7 Å². The fourth-order valence-corrected chi connectivity index (χ4v) is 0.952. The van der Waals surface area contributed by atoms with Crippen molar-refractivity contribution in [2.24, 2.45) is 0 Å². The van der Waals surface area contributed by atoms with Gasteiger partial charge in [0.15, 0.2) is 0 Å². The summed E-state index contributed by atoms with van der Waals surface area (Å²) in [5, 5.41) is 2.42. The Kier molecular flexibility index (Phi) is 1.94. The molecule has 1 N–H and O–H groups in total. The topological polar surface area (TPSA) is 49.4 Å². The number of urea groups is 1. The summed E-state index contributed by atoms with van der Waals surface area (Å²) < 4.78 is 0. The fraction of sp³-hybridized carbons (Fsp3) is 0.429. The zero-order valence-electron chi connectivity index (χ0n) is 6.33. The first-order valence-corrected chi connectivity index (χ1v) is 3.39. The van der Waals surface area contributed by atoms with Gasteiger partial charge in [0.1, 0.15) is 0 Å². The van der Waals surface area contributed by atoms with E-state index in [0.29, 0.717) is 0 Å². The molecule has 0 aliphatic carbocycles. The van der Waals surface area contributed by atoms with Crippen LogP contribution in [0.1, 0.15) is 6.92 Å². The van der Waals surface area contributed by atoms with Crippen molar-refractivity contribution in [1.29, 1.82) is 0 Å². The van der Waals surface area contributed by atoms with Gasteiger partial charge in [-0.1, -0.05) is 6.08 Å². The minimum Gasteiger partial charge on any atom is -0.329 e. The Bertz CT molecular complexity index is 196. The van der Waals surface area contributed by atoms with E-state index in [1.54, 1.807) is 13.0 Å². The molecule has 0 aromatic carbocycles. The van der Waals surface area contributed by atoms with Gasteiger partial charge in [-0.2, -0.15) is 0 Å². The molecule has 1 aliphatic rings. The first-order valence-electron chi connectivity index (χ1n) is 3.39. The molecular formula is C7H10N2O2. The highest BCUT2D eigenvalue weighted by Gasteiger charge is 2.30. The predicted molar refractivity (Wildman–Crippen MR) is 39.9 cm³/mol. The third-order valence-corrected chi connectivity index (χ3v) is 1.63. The van der Waals surface area contributed by atoms with E-state index in [4.69, 9.17) is 0 Å². The molecule has 4 nitrogen and oxygen atoms in total. The maximum Gasteiger partial charge on any atom is 0.325 e. The Hall–Kier alpha value is -1.32. The zero-order valence-corrected chi connectivity index (χ0v) is 6.33. The molecule has 0 radical (unpaired) electrons. The molecule has 1 atom stereocenters. The van der Waals surface area contributed by atoms with E-state index in [1.165, 1.54) is 0 Å². The minimum atomic E-state index is -0.331. The number of carbonyl (C=O) groups is 2. The number of rotatable bonds is 2. The van der Waals surface area contributed by atoms with Crippen LogP contribution in [0, 0.1) is 0 Å². The molecule has 4 heteroatoms. The van der Waals surface area contributed by atoms with Gasteiger partial charge >= 0.3 is 6.03 Å². The van der Waals surface area contributed by atoms with E-state index < -0.39 is 0 Å². The number of carbonyl (C=O) groups excluding carboxylic acids is 2. The monoisotopic (exact) mass is 154 g/mol. The standard InChI is InChI=1S/C7H10N2O2/c1-3-5(2)9-6(10)4-8-7(9)11/h3,5H,1,4H2,2H3,(H,8,11). The highest BCUT2D eigenvalue weighted by Crippen LogP contribution is 2.05. The van der Waals surface area contributed by atoms with Crippen molar-refractivity contribution in [2.45, 2.75) is 13.0 Å². The van der Waals surface area contributed by atoms with E-state index in [9.17, 15) is 9.59 Å². The van der Waals surface area contributed by atoms with Gasteiger partial charge in [-0.15, -0.1) is 6.58 Å². The van der Waals surface area contributed by atoms with E-state index in [2.05, 4.69) is 11.9 Å². The number of amides is 3. The van der Waals surface area contributed by atoms with Crippen molar-refractivity contribution in [3.05, 3.63) is 12.7 Å². The summed E-state index contributed by atoms with van der Waals surface area (Å²) in [6, 6.07) is -0.549. The van der Waals surface area contributed by atoms with Gasteiger partial charge < -0.3 is 5.32 Å². The van der Waals surface area contributed by atoms with E-state index in [0.717, 1.165) is 4.90 Å². The first kappa shape index (κ1) is 7.78. The summed E-state index contributed by atoms with van der Waals surface area (Å²) in [6.07, 6.45) is 1.56. The quantitative estimate of drug-likeness (QED) is 0.453. The maximum atomic E-state index is 11.0. The van der Waals surface area contributed by atoms with Gasteiger partial charge in [-0.25, -0.2) is 4.79 Å². The highest BCUT2D eigenvalue weighted by atomic mass is 16.2. The van der Waals surface area contributed by atoms with Crippen molar-refractivity contribution < 1.29 is 9.59 Å². The first-order chi connectivity index (χ1) is 5.16. The molecule has 1 heterocycles. The van der Waals surface area contributed by atoms with Crippen LogP contribution in [-0.4, -0.2) is 29.4 Å². The number of hydrogen-bond acceptors (Lipinski definition) is 2. The van der Waals surface area contributed by atoms with Crippen LogP contribution in [-0.2, 0) is 4.79 Å². The summed E-state index contributed by atoms with van der Waals surface area (Å²) in [5.74, 6) is -0.192. The number of hydrogen-bond donors (Lipinski definition) is 1. The van der Waals surface area contributed by atoms with Gasteiger partial charge in [-0.3, -0.25) is 9.69 Å². The third kappa shape index (κ3) is 1.24. The molecule has 3 amide bonds. The van der Waals surface area contributed by atoms with Gasteiger partial charge in [0, 0.05) is 0 Å². The predicted octanol–water partition coefficient (Wildman–Crippen LogP) is 0.113. The van der Waals surface area contributed by atoms with Crippen LogP contribution >= 0.6 is 0 Å². The molecule has 1 unspecified atom stereocenters. The van der Waals surface area contributed by atoms with Crippen molar-refractivity contribution in [3.63, 3.8) is 0 Å². The van der Waals surface area contributed by atoms with Crippen LogP contribution in [0.4, 0.5) is 4.79 Å². The van der Waals surface area contributed by atoms with Crippen molar-refractivity contribution in [2.75, 3.05) is 6.54 Å². The Morgan fingerprint density at radius 1 is 1.73 bits per heavy atom. The average molecular weight is 154 g/mol. The van der Waals surface area contributed by atoms with Crippen molar-refractivity contribution in [3.8, 4) is 0 Å². The Balaban J connectivity index is 2.75. The van der Waals surface area contributed by atoms with Crippen molar-refractivity contribution >= 4 is 11.9 Å². The third-order valence-electron chi connectivity index (χ3n) is 1.63. The lowest BCUT2D eigenvalue weighted by atomic mass is 10.3. The molecule has 0 aromatic heterocycles. The van der Waals surface area contributed by atoms with Crippen LogP contribution in [0.25, 0.3) is 0 Å². The number of nitrogens with zero attached hydrogens (tertiary/aromatic N) is 1. The molecule has 11 heavy (non-hydrogen) atoms. The summed E-state index contributed by atoms with van der Waals surface area (Å²) in [5.41, 5.74) is 0. The number of imide groups is 1. The molecule has 60 valence electrons. The smallest absolute Gasteiger partial charge is 0.325 e. The van der Waals surface area contributed by atoms with Crippen LogP contribution in [0.5, 0.6) is 0 Å². The van der Waals surface area contributed by atoms with Crippen LogP contribution in [0.3, 0.4) is 0 Å². The van der Waals surface area contributed by atoms with Gasteiger partial charge in [0.2, 0.25) is 0 Å². The summed E-state index contributed by atoms with van der Waals surface area (Å²) in [6.45, 7) is 5.35. The zero-order chi connectivity index (χ0) is 8.43. The lowest BCUT2D eigenvalue weighted by Gasteiger charge is -2.16. The molecule has 1 aliphatic heterocycles. The van der Waals surface area contributed by atoms with Crippen LogP contribution in [0.2, 0.25) is 0 Å². The normalized spacial score (nSPS) is 19.9. The second-order valence-corrected chi connectivity index (χ2v) is 2.40. The SMILES string of the molecule is C=CC(C)N1C(=O)CNC1=O. The van der Waals surface area contributed by atoms with Gasteiger partial charge in [-0.05, 0) is 6.92 Å². The molecular weight excluding hydrogens is 144 g/mol. The van der Waals surface area contributed by atoms with Gasteiger partial charge in [0.05, 0.1) is 12.6 Å².